The molecule has 1 aromatic heterocycles. The summed E-state index contributed by atoms with van der Waals surface area (Å²) < 4.78 is 19.6. The van der Waals surface area contributed by atoms with Crippen LogP contribution in [0.1, 0.15) is 5.69 Å². The van der Waals surface area contributed by atoms with Crippen molar-refractivity contribution in [1.29, 1.82) is 0 Å². The van der Waals surface area contributed by atoms with Crippen molar-refractivity contribution in [2.24, 2.45) is 10.9 Å². The summed E-state index contributed by atoms with van der Waals surface area (Å²) in [6.07, 6.45) is 1.42. The maximum atomic E-state index is 13.5. The van der Waals surface area contributed by atoms with Crippen LogP contribution in [0.3, 0.4) is 0 Å². The van der Waals surface area contributed by atoms with Gasteiger partial charge in [-0.2, -0.15) is 0 Å². The molecule has 0 aliphatic carbocycles. The monoisotopic (exact) mass is 325 g/mol. The van der Waals surface area contributed by atoms with Gasteiger partial charge in [-0.3, -0.25) is 4.98 Å². The quantitative estimate of drug-likeness (QED) is 0.393. The number of hydrogen-bond acceptors (Lipinski definition) is 4. The Labute approximate surface area is 116 Å². The van der Waals surface area contributed by atoms with Gasteiger partial charge in [-0.1, -0.05) is 21.1 Å². The smallest absolute Gasteiger partial charge is 0.188 e. The molecule has 1 heterocycles. The molecule has 0 saturated heterocycles. The predicted molar refractivity (Wildman–Crippen MR) is 70.9 cm³/mol. The lowest BCUT2D eigenvalue weighted by molar-refractivity contribution is 0.318. The van der Waals surface area contributed by atoms with Gasteiger partial charge in [0, 0.05) is 16.7 Å². The number of pyridine rings is 1. The highest BCUT2D eigenvalue weighted by molar-refractivity contribution is 9.10. The van der Waals surface area contributed by atoms with Gasteiger partial charge in [0.15, 0.2) is 17.4 Å². The van der Waals surface area contributed by atoms with Crippen LogP contribution < -0.4 is 10.5 Å². The summed E-state index contributed by atoms with van der Waals surface area (Å²) in [4.78, 5) is 3.89. The molecule has 0 amide bonds. The molecule has 0 radical (unpaired) electrons. The number of nitrogens with two attached hydrogens (primary N) is 1. The van der Waals surface area contributed by atoms with Gasteiger partial charge in [0.2, 0.25) is 0 Å². The summed E-state index contributed by atoms with van der Waals surface area (Å²) in [6, 6.07) is 7.32. The van der Waals surface area contributed by atoms with E-state index >= 15 is 0 Å². The maximum absolute atomic E-state index is 13.5. The Morgan fingerprint density at radius 2 is 2.16 bits per heavy atom. The van der Waals surface area contributed by atoms with Gasteiger partial charge in [0.1, 0.15) is 11.4 Å². The van der Waals surface area contributed by atoms with E-state index in [1.165, 1.54) is 30.5 Å². The number of benzene rings is 1. The molecule has 0 bridgehead atoms. The Kier molecular flexibility index (Phi) is 3.96. The van der Waals surface area contributed by atoms with E-state index in [0.29, 0.717) is 10.2 Å². The highest BCUT2D eigenvalue weighted by Crippen LogP contribution is 2.27. The van der Waals surface area contributed by atoms with E-state index in [2.05, 4.69) is 26.1 Å². The topological polar surface area (TPSA) is 80.7 Å². The van der Waals surface area contributed by atoms with E-state index < -0.39 is 5.82 Å². The van der Waals surface area contributed by atoms with Gasteiger partial charge in [-0.15, -0.1) is 0 Å². The van der Waals surface area contributed by atoms with Gasteiger partial charge in [0.25, 0.3) is 0 Å². The molecule has 19 heavy (non-hydrogen) atoms. The van der Waals surface area contributed by atoms with Crippen molar-refractivity contribution in [1.82, 2.24) is 4.98 Å². The molecule has 0 fully saturated rings. The molecule has 98 valence electrons. The molecule has 0 saturated carbocycles. The maximum Gasteiger partial charge on any atom is 0.188 e. The third-order valence-electron chi connectivity index (χ3n) is 2.22. The molecule has 3 N–H and O–H groups in total. The summed E-state index contributed by atoms with van der Waals surface area (Å²) in [5.74, 6) is -0.259. The van der Waals surface area contributed by atoms with Crippen LogP contribution in [-0.4, -0.2) is 16.0 Å². The van der Waals surface area contributed by atoms with Gasteiger partial charge in [-0.05, 0) is 24.3 Å². The second kappa shape index (κ2) is 5.66. The van der Waals surface area contributed by atoms with Gasteiger partial charge < -0.3 is 15.7 Å². The molecule has 5 nitrogen and oxygen atoms in total. The number of amidine groups is 1. The average Bonchev–Trinajstić information content (AvgIpc) is 2.42. The minimum absolute atomic E-state index is 0.0611. The first kappa shape index (κ1) is 13.3. The summed E-state index contributed by atoms with van der Waals surface area (Å²) in [7, 11) is 0. The Morgan fingerprint density at radius 3 is 2.89 bits per heavy atom. The van der Waals surface area contributed by atoms with Gasteiger partial charge in [-0.25, -0.2) is 4.39 Å². The van der Waals surface area contributed by atoms with E-state index in [-0.39, 0.29) is 17.3 Å². The molecule has 1 aromatic carbocycles. The number of halogens is 2. The van der Waals surface area contributed by atoms with Crippen molar-refractivity contribution in [2.45, 2.75) is 0 Å². The molecule has 0 atom stereocenters. The zero-order chi connectivity index (χ0) is 13.8. The van der Waals surface area contributed by atoms with E-state index in [0.717, 1.165) is 0 Å². The molecule has 7 heteroatoms. The first-order chi connectivity index (χ1) is 9.10. The van der Waals surface area contributed by atoms with Crippen molar-refractivity contribution in [3.63, 3.8) is 0 Å². The van der Waals surface area contributed by atoms with Gasteiger partial charge in [0.05, 0.1) is 0 Å². The minimum atomic E-state index is -0.495. The lowest BCUT2D eigenvalue weighted by Crippen LogP contribution is -2.14. The van der Waals surface area contributed by atoms with Crippen molar-refractivity contribution < 1.29 is 14.3 Å². The van der Waals surface area contributed by atoms with Crippen LogP contribution in [-0.2, 0) is 0 Å². The minimum Gasteiger partial charge on any atom is -0.454 e. The highest BCUT2D eigenvalue weighted by atomic mass is 79.9. The lowest BCUT2D eigenvalue weighted by atomic mass is 10.3. The first-order valence-electron chi connectivity index (χ1n) is 5.17. The molecule has 0 aliphatic rings. The molecule has 0 unspecified atom stereocenters. The fourth-order valence-electron chi connectivity index (χ4n) is 1.35. The Bertz CT molecular complexity index is 634. The lowest BCUT2D eigenvalue weighted by Gasteiger charge is -2.08. The second-order valence-electron chi connectivity index (χ2n) is 3.54. The van der Waals surface area contributed by atoms with Crippen LogP contribution in [0.5, 0.6) is 11.5 Å². The fourth-order valence-corrected chi connectivity index (χ4v) is 1.69. The summed E-state index contributed by atoms with van der Waals surface area (Å²) >= 11 is 3.23. The van der Waals surface area contributed by atoms with E-state index in [4.69, 9.17) is 15.7 Å². The molecular weight excluding hydrogens is 317 g/mol. The summed E-state index contributed by atoms with van der Waals surface area (Å²) in [5.41, 5.74) is 5.64. The molecule has 2 rings (SSSR count). The van der Waals surface area contributed by atoms with Crippen LogP contribution >= 0.6 is 15.9 Å². The first-order valence-corrected chi connectivity index (χ1v) is 5.96. The van der Waals surface area contributed by atoms with E-state index in [1.807, 2.05) is 0 Å². The number of rotatable bonds is 3. The zero-order valence-corrected chi connectivity index (χ0v) is 11.1. The fraction of sp³-hybridized carbons (Fsp3) is 0. The number of nitrogens with zero attached hydrogens (tertiary/aromatic N) is 2. The SMILES string of the molecule is N/C(=N/O)c1cc(Oc2cc(Br)ccc2F)ccn1. The average molecular weight is 326 g/mol. The van der Waals surface area contributed by atoms with Crippen LogP contribution in [0, 0.1) is 5.82 Å². The molecule has 2 aromatic rings. The van der Waals surface area contributed by atoms with Crippen LogP contribution in [0.2, 0.25) is 0 Å². The number of aromatic nitrogens is 1. The predicted octanol–water partition coefficient (Wildman–Crippen LogP) is 2.87. The highest BCUT2D eigenvalue weighted by Gasteiger charge is 2.08. The van der Waals surface area contributed by atoms with Crippen molar-refractivity contribution in [2.75, 3.05) is 0 Å². The molecule has 0 spiro atoms. The third kappa shape index (κ3) is 3.19. The van der Waals surface area contributed by atoms with Crippen molar-refractivity contribution >= 4 is 21.8 Å². The normalized spacial score (nSPS) is 11.4. The van der Waals surface area contributed by atoms with Crippen LogP contribution in [0.25, 0.3) is 0 Å². The Morgan fingerprint density at radius 1 is 1.37 bits per heavy atom. The number of hydrogen-bond donors (Lipinski definition) is 2. The Hall–Kier alpha value is -2.15. The summed E-state index contributed by atoms with van der Waals surface area (Å²) in [6.45, 7) is 0. The van der Waals surface area contributed by atoms with Crippen molar-refractivity contribution in [3.05, 3.63) is 52.5 Å². The number of ether oxygens (including phenoxy) is 1. The van der Waals surface area contributed by atoms with E-state index in [9.17, 15) is 4.39 Å². The van der Waals surface area contributed by atoms with E-state index in [1.54, 1.807) is 6.07 Å². The van der Waals surface area contributed by atoms with Crippen LogP contribution in [0.4, 0.5) is 4.39 Å². The number of oxime groups is 1. The Balaban J connectivity index is 2.31. The second-order valence-corrected chi connectivity index (χ2v) is 4.45. The van der Waals surface area contributed by atoms with Crippen LogP contribution in [0.15, 0.2) is 46.2 Å². The zero-order valence-electron chi connectivity index (χ0n) is 9.55. The summed E-state index contributed by atoms with van der Waals surface area (Å²) in [5, 5.41) is 11.4. The molecule has 0 aliphatic heterocycles. The third-order valence-corrected chi connectivity index (χ3v) is 2.72. The largest absolute Gasteiger partial charge is 0.454 e. The van der Waals surface area contributed by atoms with Gasteiger partial charge >= 0.3 is 0 Å². The molecular formula is C12H9BrFN3O2. The standard InChI is InChI=1S/C12H9BrFN3O2/c13-7-1-2-9(14)11(5-7)19-8-3-4-16-10(6-8)12(15)17-18/h1-6,18H,(H2,15,17). The van der Waals surface area contributed by atoms with Crippen molar-refractivity contribution in [3.8, 4) is 11.5 Å².